The van der Waals surface area contributed by atoms with Crippen molar-refractivity contribution >= 4 is 41.7 Å². The van der Waals surface area contributed by atoms with Crippen molar-refractivity contribution in [3.05, 3.63) is 28.8 Å². The van der Waals surface area contributed by atoms with Crippen molar-refractivity contribution < 1.29 is 4.79 Å². The summed E-state index contributed by atoms with van der Waals surface area (Å²) in [4.78, 5) is 12.8. The highest BCUT2D eigenvalue weighted by molar-refractivity contribution is 7.99. The maximum atomic E-state index is 11.6. The van der Waals surface area contributed by atoms with Crippen molar-refractivity contribution in [3.63, 3.8) is 0 Å². The first-order valence-electron chi connectivity index (χ1n) is 5.57. The Morgan fingerprint density at radius 3 is 3.06 bits per heavy atom. The van der Waals surface area contributed by atoms with Crippen molar-refractivity contribution in [2.75, 3.05) is 19.3 Å². The van der Waals surface area contributed by atoms with E-state index in [0.29, 0.717) is 6.54 Å². The standard InChI is InChI=1S/C12H15ClN2OS.ClH/c1-14-7-12(16)15-10-4-5-17-11-3-2-8(13)6-9(10)11;/h2-3,6,10,14H,4-5,7H2,1H3,(H,15,16);1H. The summed E-state index contributed by atoms with van der Waals surface area (Å²) in [5, 5.41) is 6.60. The molecule has 0 spiro atoms. The van der Waals surface area contributed by atoms with Crippen molar-refractivity contribution in [1.29, 1.82) is 0 Å². The average Bonchev–Trinajstić information content (AvgIpc) is 2.30. The molecule has 1 aromatic rings. The Morgan fingerprint density at radius 2 is 2.33 bits per heavy atom. The minimum atomic E-state index is 0. The zero-order valence-electron chi connectivity index (χ0n) is 10.0. The van der Waals surface area contributed by atoms with Crippen LogP contribution in [0.2, 0.25) is 5.02 Å². The molecule has 1 heterocycles. The predicted molar refractivity (Wildman–Crippen MR) is 78.9 cm³/mol. The van der Waals surface area contributed by atoms with Crippen LogP contribution in [0.3, 0.4) is 0 Å². The molecule has 0 fully saturated rings. The molecule has 1 atom stereocenters. The number of hydrogen-bond acceptors (Lipinski definition) is 3. The third kappa shape index (κ3) is 3.79. The molecular formula is C12H16Cl2N2OS. The zero-order valence-corrected chi connectivity index (χ0v) is 12.4. The van der Waals surface area contributed by atoms with Crippen LogP contribution in [0.1, 0.15) is 18.0 Å². The third-order valence-electron chi connectivity index (χ3n) is 2.68. The Hall–Kier alpha value is -0.420. The lowest BCUT2D eigenvalue weighted by atomic mass is 10.0. The van der Waals surface area contributed by atoms with E-state index in [-0.39, 0.29) is 24.4 Å². The molecule has 3 nitrogen and oxygen atoms in total. The number of halogens is 2. The molecule has 6 heteroatoms. The number of rotatable bonds is 3. The van der Waals surface area contributed by atoms with Gasteiger partial charge in [0.15, 0.2) is 0 Å². The Kier molecular flexibility index (Phi) is 6.29. The van der Waals surface area contributed by atoms with Gasteiger partial charge in [0.05, 0.1) is 12.6 Å². The summed E-state index contributed by atoms with van der Waals surface area (Å²) in [6.07, 6.45) is 0.952. The molecule has 1 aromatic carbocycles. The number of amides is 1. The summed E-state index contributed by atoms with van der Waals surface area (Å²) in [5.41, 5.74) is 1.14. The second-order valence-corrected chi connectivity index (χ2v) is 5.54. The molecule has 0 saturated heterocycles. The van der Waals surface area contributed by atoms with Gasteiger partial charge >= 0.3 is 0 Å². The van der Waals surface area contributed by atoms with Crippen LogP contribution in [-0.2, 0) is 4.79 Å². The maximum absolute atomic E-state index is 11.6. The second kappa shape index (κ2) is 7.24. The van der Waals surface area contributed by atoms with Crippen molar-refractivity contribution in [2.24, 2.45) is 0 Å². The lowest BCUT2D eigenvalue weighted by Crippen LogP contribution is -2.36. The number of hydrogen-bond donors (Lipinski definition) is 2. The fourth-order valence-corrected chi connectivity index (χ4v) is 3.21. The summed E-state index contributed by atoms with van der Waals surface area (Å²) in [6.45, 7) is 0.347. The maximum Gasteiger partial charge on any atom is 0.234 e. The normalized spacial score (nSPS) is 17.6. The van der Waals surface area contributed by atoms with Gasteiger partial charge in [-0.3, -0.25) is 4.79 Å². The fourth-order valence-electron chi connectivity index (χ4n) is 1.92. The van der Waals surface area contributed by atoms with Gasteiger partial charge in [-0.15, -0.1) is 24.2 Å². The first kappa shape index (κ1) is 15.6. The summed E-state index contributed by atoms with van der Waals surface area (Å²) < 4.78 is 0. The van der Waals surface area contributed by atoms with E-state index in [1.807, 2.05) is 30.0 Å². The van der Waals surface area contributed by atoms with Gasteiger partial charge in [0, 0.05) is 15.7 Å². The van der Waals surface area contributed by atoms with Crippen molar-refractivity contribution in [3.8, 4) is 0 Å². The molecule has 0 aliphatic carbocycles. The van der Waals surface area contributed by atoms with E-state index < -0.39 is 0 Å². The highest BCUT2D eigenvalue weighted by Crippen LogP contribution is 2.37. The van der Waals surface area contributed by atoms with Gasteiger partial charge in [0.25, 0.3) is 0 Å². The van der Waals surface area contributed by atoms with Crippen LogP contribution in [0.15, 0.2) is 23.1 Å². The molecule has 1 aliphatic heterocycles. The summed E-state index contributed by atoms with van der Waals surface area (Å²) in [7, 11) is 1.76. The SMILES string of the molecule is CNCC(=O)NC1CCSc2ccc(Cl)cc21.Cl. The number of benzene rings is 1. The van der Waals surface area contributed by atoms with E-state index >= 15 is 0 Å². The number of carbonyl (C=O) groups is 1. The van der Waals surface area contributed by atoms with E-state index in [9.17, 15) is 4.79 Å². The first-order chi connectivity index (χ1) is 8.20. The molecule has 0 radical (unpaired) electrons. The van der Waals surface area contributed by atoms with Gasteiger partial charge in [0.1, 0.15) is 0 Å². The molecule has 100 valence electrons. The van der Waals surface area contributed by atoms with Crippen LogP contribution in [-0.4, -0.2) is 25.3 Å². The van der Waals surface area contributed by atoms with E-state index in [0.717, 1.165) is 22.8 Å². The van der Waals surface area contributed by atoms with Crippen LogP contribution in [0.25, 0.3) is 0 Å². The first-order valence-corrected chi connectivity index (χ1v) is 6.93. The van der Waals surface area contributed by atoms with Crippen LogP contribution in [0.4, 0.5) is 0 Å². The summed E-state index contributed by atoms with van der Waals surface area (Å²) in [5.74, 6) is 1.05. The molecule has 2 N–H and O–H groups in total. The van der Waals surface area contributed by atoms with Crippen molar-refractivity contribution in [1.82, 2.24) is 10.6 Å². The van der Waals surface area contributed by atoms with Gasteiger partial charge in [-0.05, 0) is 37.2 Å². The highest BCUT2D eigenvalue weighted by Gasteiger charge is 2.22. The van der Waals surface area contributed by atoms with Crippen LogP contribution < -0.4 is 10.6 Å². The van der Waals surface area contributed by atoms with Crippen LogP contribution >= 0.6 is 35.8 Å². The number of nitrogens with one attached hydrogen (secondary N) is 2. The number of fused-ring (bicyclic) bond motifs is 1. The molecule has 0 bridgehead atoms. The van der Waals surface area contributed by atoms with Gasteiger partial charge < -0.3 is 10.6 Å². The third-order valence-corrected chi connectivity index (χ3v) is 4.04. The molecule has 18 heavy (non-hydrogen) atoms. The van der Waals surface area contributed by atoms with E-state index in [1.165, 1.54) is 4.90 Å². The summed E-state index contributed by atoms with van der Waals surface area (Å²) >= 11 is 7.82. The smallest absolute Gasteiger partial charge is 0.234 e. The Labute approximate surface area is 122 Å². The quantitative estimate of drug-likeness (QED) is 0.902. The molecule has 0 saturated carbocycles. The number of likely N-dealkylation sites (N-methyl/N-ethyl adjacent to an activating group) is 1. The van der Waals surface area contributed by atoms with E-state index in [4.69, 9.17) is 11.6 Å². The Bertz CT molecular complexity index is 429. The molecular weight excluding hydrogens is 291 g/mol. The largest absolute Gasteiger partial charge is 0.348 e. The van der Waals surface area contributed by atoms with Gasteiger partial charge in [0.2, 0.25) is 5.91 Å². The minimum Gasteiger partial charge on any atom is -0.348 e. The minimum absolute atomic E-state index is 0. The Balaban J connectivity index is 0.00000162. The van der Waals surface area contributed by atoms with E-state index in [1.54, 1.807) is 7.05 Å². The van der Waals surface area contributed by atoms with Gasteiger partial charge in [-0.1, -0.05) is 11.6 Å². The second-order valence-electron chi connectivity index (χ2n) is 3.97. The monoisotopic (exact) mass is 306 g/mol. The van der Waals surface area contributed by atoms with Crippen LogP contribution in [0, 0.1) is 0 Å². The molecule has 2 rings (SSSR count). The van der Waals surface area contributed by atoms with Crippen molar-refractivity contribution in [2.45, 2.75) is 17.4 Å². The molecule has 1 aliphatic rings. The average molecular weight is 307 g/mol. The number of thioether (sulfide) groups is 1. The van der Waals surface area contributed by atoms with E-state index in [2.05, 4.69) is 10.6 Å². The lowest BCUT2D eigenvalue weighted by Gasteiger charge is -2.26. The summed E-state index contributed by atoms with van der Waals surface area (Å²) in [6, 6.07) is 5.96. The molecule has 1 unspecified atom stereocenters. The topological polar surface area (TPSA) is 41.1 Å². The van der Waals surface area contributed by atoms with Gasteiger partial charge in [-0.25, -0.2) is 0 Å². The molecule has 1 amide bonds. The lowest BCUT2D eigenvalue weighted by molar-refractivity contribution is -0.120. The fraction of sp³-hybridized carbons (Fsp3) is 0.417. The highest BCUT2D eigenvalue weighted by atomic mass is 35.5. The Morgan fingerprint density at radius 1 is 1.56 bits per heavy atom. The zero-order chi connectivity index (χ0) is 12.3. The van der Waals surface area contributed by atoms with Crippen LogP contribution in [0.5, 0.6) is 0 Å². The number of carbonyl (C=O) groups excluding carboxylic acids is 1. The van der Waals surface area contributed by atoms with Gasteiger partial charge in [-0.2, -0.15) is 0 Å². The predicted octanol–water partition coefficient (Wildman–Crippen LogP) is 2.63. The molecule has 0 aromatic heterocycles.